The Morgan fingerprint density at radius 3 is 2.50 bits per heavy atom. The van der Waals surface area contributed by atoms with Gasteiger partial charge in [-0.05, 0) is 32.0 Å². The highest BCUT2D eigenvalue weighted by molar-refractivity contribution is 8.24. The van der Waals surface area contributed by atoms with Crippen molar-refractivity contribution in [2.24, 2.45) is 0 Å². The summed E-state index contributed by atoms with van der Waals surface area (Å²) in [5.74, 6) is 0. The first-order valence-electron chi connectivity index (χ1n) is 7.91. The van der Waals surface area contributed by atoms with Crippen LogP contribution in [0.4, 0.5) is 11.4 Å². The highest BCUT2D eigenvalue weighted by Crippen LogP contribution is 2.43. The third kappa shape index (κ3) is 3.56. The molecule has 1 atom stereocenters. The van der Waals surface area contributed by atoms with Gasteiger partial charge in [0.2, 0.25) is 0 Å². The zero-order chi connectivity index (χ0) is 18.9. The van der Waals surface area contributed by atoms with Gasteiger partial charge >= 0.3 is 0 Å². The van der Waals surface area contributed by atoms with Crippen LogP contribution in [0, 0.1) is 15.3 Å². The van der Waals surface area contributed by atoms with Crippen LogP contribution in [0.5, 0.6) is 0 Å². The number of hydrogen-bond acceptors (Lipinski definition) is 5. The third-order valence-electron chi connectivity index (χ3n) is 4.05. The van der Waals surface area contributed by atoms with Gasteiger partial charge < -0.3 is 5.21 Å². The molecule has 0 spiro atoms. The molecule has 1 fully saturated rings. The summed E-state index contributed by atoms with van der Waals surface area (Å²) in [6.07, 6.45) is 0.811. The molecular formula is C18H17N3O3S2. The van der Waals surface area contributed by atoms with Crippen LogP contribution in [0.15, 0.2) is 54.6 Å². The first kappa shape index (κ1) is 18.3. The number of hydrogen-bond donors (Lipinski definition) is 0. The van der Waals surface area contributed by atoms with Gasteiger partial charge in [0.15, 0.2) is 6.21 Å². The molecular weight excluding hydrogens is 370 g/mol. The maximum atomic E-state index is 13.0. The van der Waals surface area contributed by atoms with Crippen molar-refractivity contribution in [3.05, 3.63) is 75.5 Å². The number of hydroxylamine groups is 1. The van der Waals surface area contributed by atoms with Crippen LogP contribution < -0.4 is 4.90 Å². The van der Waals surface area contributed by atoms with Crippen LogP contribution in [0.2, 0.25) is 0 Å². The Morgan fingerprint density at radius 1 is 1.15 bits per heavy atom. The number of thiocarbonyl (C=S) groups is 1. The molecule has 134 valence electrons. The molecule has 0 N–H and O–H groups in total. The molecule has 0 aliphatic carbocycles. The zero-order valence-corrected chi connectivity index (χ0v) is 15.9. The van der Waals surface area contributed by atoms with Crippen LogP contribution in [0.1, 0.15) is 19.4 Å². The van der Waals surface area contributed by atoms with Gasteiger partial charge in [0.25, 0.3) is 11.9 Å². The van der Waals surface area contributed by atoms with E-state index in [4.69, 9.17) is 12.2 Å². The van der Waals surface area contributed by atoms with E-state index in [2.05, 4.69) is 0 Å². The fourth-order valence-corrected chi connectivity index (χ4v) is 4.85. The summed E-state index contributed by atoms with van der Waals surface area (Å²) in [4.78, 5) is 12.3. The predicted molar refractivity (Wildman–Crippen MR) is 109 cm³/mol. The summed E-state index contributed by atoms with van der Waals surface area (Å²) in [5.41, 5.74) is 1.26. The van der Waals surface area contributed by atoms with Crippen LogP contribution in [-0.2, 0) is 0 Å². The Hall–Kier alpha value is -2.45. The van der Waals surface area contributed by atoms with Crippen molar-refractivity contribution in [3.8, 4) is 0 Å². The summed E-state index contributed by atoms with van der Waals surface area (Å²) in [7, 11) is 0. The van der Waals surface area contributed by atoms with Gasteiger partial charge in [-0.3, -0.25) is 15.0 Å². The van der Waals surface area contributed by atoms with E-state index in [0.717, 1.165) is 10.4 Å². The average molecular weight is 387 g/mol. The van der Waals surface area contributed by atoms with E-state index in [1.165, 1.54) is 30.1 Å². The van der Waals surface area contributed by atoms with Crippen LogP contribution in [0.3, 0.4) is 0 Å². The van der Waals surface area contributed by atoms with E-state index in [9.17, 15) is 15.3 Å². The van der Waals surface area contributed by atoms with Crippen LogP contribution >= 0.6 is 24.0 Å². The van der Waals surface area contributed by atoms with E-state index < -0.39 is 15.8 Å². The molecule has 0 radical (unpaired) electrons. The van der Waals surface area contributed by atoms with Gasteiger partial charge in [-0.25, -0.2) is 0 Å². The second kappa shape index (κ2) is 7.05. The Balaban J connectivity index is 2.02. The maximum absolute atomic E-state index is 13.0. The van der Waals surface area contributed by atoms with Crippen molar-refractivity contribution in [1.82, 2.24) is 0 Å². The minimum atomic E-state index is -0.568. The molecule has 0 aromatic heterocycles. The predicted octanol–water partition coefficient (Wildman–Crippen LogP) is 4.17. The molecule has 1 unspecified atom stereocenters. The number of nitro benzene ring substituents is 1. The summed E-state index contributed by atoms with van der Waals surface area (Å²) in [6, 6.07) is 15.5. The minimum absolute atomic E-state index is 0.0531. The van der Waals surface area contributed by atoms with Gasteiger partial charge in [-0.1, -0.05) is 48.2 Å². The van der Waals surface area contributed by atoms with Crippen molar-refractivity contribution >= 4 is 45.9 Å². The molecule has 0 saturated carbocycles. The number of anilines is 1. The second-order valence-electron chi connectivity index (χ2n) is 6.39. The number of thioether (sulfide) groups is 1. The van der Waals surface area contributed by atoms with Crippen LogP contribution in [0.25, 0.3) is 0 Å². The van der Waals surface area contributed by atoms with E-state index in [1.54, 1.807) is 12.1 Å². The second-order valence-corrected chi connectivity index (χ2v) is 8.68. The molecule has 1 aliphatic heterocycles. The smallest absolute Gasteiger partial charge is 0.270 e. The summed E-state index contributed by atoms with van der Waals surface area (Å²) < 4.78 is 1.00. The Bertz CT molecular complexity index is 884. The van der Waals surface area contributed by atoms with Gasteiger partial charge in [0, 0.05) is 23.4 Å². The van der Waals surface area contributed by atoms with E-state index in [1.807, 2.05) is 49.1 Å². The zero-order valence-electron chi connectivity index (χ0n) is 14.2. The lowest BCUT2D eigenvalue weighted by atomic mass is 10.1. The Morgan fingerprint density at radius 2 is 1.85 bits per heavy atom. The van der Waals surface area contributed by atoms with Gasteiger partial charge in [0.1, 0.15) is 9.07 Å². The number of nitrogens with zero attached hydrogens (tertiary/aromatic N) is 3. The topological polar surface area (TPSA) is 72.5 Å². The van der Waals surface area contributed by atoms with Crippen molar-refractivity contribution in [3.63, 3.8) is 0 Å². The Labute approximate surface area is 160 Å². The largest absolute Gasteiger partial charge is 0.622 e. The number of non-ortho nitro benzene ring substituents is 1. The molecule has 26 heavy (non-hydrogen) atoms. The average Bonchev–Trinajstić information content (AvgIpc) is 2.84. The van der Waals surface area contributed by atoms with Gasteiger partial charge in [-0.2, -0.15) is 4.74 Å². The number of rotatable bonds is 4. The quantitative estimate of drug-likeness (QED) is 0.196. The lowest BCUT2D eigenvalue weighted by Crippen LogP contribution is -2.48. The van der Waals surface area contributed by atoms with Crippen molar-refractivity contribution < 1.29 is 9.66 Å². The summed E-state index contributed by atoms with van der Waals surface area (Å²) in [6.45, 7) is 3.92. The summed E-state index contributed by atoms with van der Waals surface area (Å²) >= 11 is 6.98. The molecule has 1 aliphatic rings. The molecule has 1 heterocycles. The Kier molecular flexibility index (Phi) is 4.97. The van der Waals surface area contributed by atoms with Crippen molar-refractivity contribution in [1.29, 1.82) is 0 Å². The van der Waals surface area contributed by atoms with Crippen molar-refractivity contribution in [2.45, 2.75) is 24.8 Å². The molecule has 0 amide bonds. The lowest BCUT2D eigenvalue weighted by molar-refractivity contribution is -0.497. The third-order valence-corrected chi connectivity index (χ3v) is 5.60. The molecule has 3 rings (SSSR count). The van der Waals surface area contributed by atoms with Crippen molar-refractivity contribution in [2.75, 3.05) is 4.90 Å². The van der Waals surface area contributed by atoms with Gasteiger partial charge in [0.05, 0.1) is 4.92 Å². The fraction of sp³-hybridized carbons (Fsp3) is 0.222. The number of benzene rings is 2. The standard InChI is InChI=1S/C18H17N3O3S2/c1-18(2)16(20(17(25)26-18)14-8-4-3-5-9-14)19(22)12-13-7-6-10-15(11-13)21(23)24/h3-12,16H,1-2H3/b19-12-. The first-order valence-corrected chi connectivity index (χ1v) is 9.14. The number of para-hydroxylation sites is 1. The minimum Gasteiger partial charge on any atom is -0.622 e. The highest BCUT2D eigenvalue weighted by atomic mass is 32.2. The van der Waals surface area contributed by atoms with E-state index in [0.29, 0.717) is 9.88 Å². The van der Waals surface area contributed by atoms with E-state index >= 15 is 0 Å². The molecule has 8 heteroatoms. The van der Waals surface area contributed by atoms with Crippen LogP contribution in [-0.4, -0.2) is 31.1 Å². The lowest BCUT2D eigenvalue weighted by Gasteiger charge is -2.29. The number of nitro groups is 1. The normalized spacial score (nSPS) is 19.6. The molecule has 6 nitrogen and oxygen atoms in total. The van der Waals surface area contributed by atoms with Gasteiger partial charge in [-0.15, -0.1) is 0 Å². The SMILES string of the molecule is CC1(C)SC(=S)N(c2ccccc2)C1/[N+]([O-])=C/c1cccc([N+](=O)[O-])c1. The molecule has 2 aromatic carbocycles. The fourth-order valence-electron chi connectivity index (χ4n) is 2.93. The highest BCUT2D eigenvalue weighted by Gasteiger charge is 2.51. The summed E-state index contributed by atoms with van der Waals surface area (Å²) in [5, 5.41) is 24.0. The maximum Gasteiger partial charge on any atom is 0.270 e. The molecule has 1 saturated heterocycles. The van der Waals surface area contributed by atoms with E-state index in [-0.39, 0.29) is 5.69 Å². The first-order chi connectivity index (χ1) is 12.3. The monoisotopic (exact) mass is 387 g/mol. The molecule has 0 bridgehead atoms. The molecule has 2 aromatic rings.